The number of rotatable bonds is 3. The van der Waals surface area contributed by atoms with Crippen LogP contribution in [-0.4, -0.2) is 20.5 Å². The highest BCUT2D eigenvalue weighted by molar-refractivity contribution is 7.22. The summed E-state index contributed by atoms with van der Waals surface area (Å²) < 4.78 is 2.96. The number of hydrogen-bond donors (Lipinski definition) is 2. The second-order valence-electron chi connectivity index (χ2n) is 6.47. The van der Waals surface area contributed by atoms with Crippen LogP contribution in [0.1, 0.15) is 18.7 Å². The molecule has 0 bridgehead atoms. The molecule has 0 spiro atoms. The molecule has 0 aliphatic heterocycles. The van der Waals surface area contributed by atoms with Crippen LogP contribution in [0.25, 0.3) is 26.3 Å². The first kappa shape index (κ1) is 14.4. The Morgan fingerprint density at radius 1 is 1.20 bits per heavy atom. The predicted octanol–water partition coefficient (Wildman–Crippen LogP) is 2.71. The monoisotopic (exact) mass is 349 g/mol. The van der Waals surface area contributed by atoms with Crippen LogP contribution in [0.15, 0.2) is 42.5 Å². The van der Waals surface area contributed by atoms with Gasteiger partial charge in [-0.1, -0.05) is 6.07 Å². The summed E-state index contributed by atoms with van der Waals surface area (Å²) in [6, 6.07) is 13.8. The molecule has 4 aromatic rings. The molecule has 5 rings (SSSR count). The summed E-state index contributed by atoms with van der Waals surface area (Å²) >= 11 is 1.68. The van der Waals surface area contributed by atoms with Crippen LogP contribution in [0.2, 0.25) is 0 Å². The fraction of sp³-hybridized carbons (Fsp3) is 0.167. The Balaban J connectivity index is 1.70. The number of amides is 1. The van der Waals surface area contributed by atoms with Crippen molar-refractivity contribution in [1.29, 1.82) is 0 Å². The molecule has 1 aliphatic rings. The van der Waals surface area contributed by atoms with Crippen LogP contribution in [0.5, 0.6) is 0 Å². The predicted molar refractivity (Wildman–Crippen MR) is 98.3 cm³/mol. The van der Waals surface area contributed by atoms with Crippen LogP contribution in [-0.2, 0) is 10.2 Å². The summed E-state index contributed by atoms with van der Waals surface area (Å²) in [6.45, 7) is 0. The third-order valence-electron chi connectivity index (χ3n) is 4.80. The zero-order valence-corrected chi connectivity index (χ0v) is 14.1. The number of carbonyl (C=O) groups excluding carboxylic acids is 1. The molecule has 1 fully saturated rings. The van der Waals surface area contributed by atoms with E-state index in [2.05, 4.69) is 16.1 Å². The van der Waals surface area contributed by atoms with Crippen molar-refractivity contribution in [3.63, 3.8) is 0 Å². The van der Waals surface area contributed by atoms with Gasteiger partial charge in [0.2, 0.25) is 5.91 Å². The standard InChI is InChI=1S/C18H15N5OS/c19-11-4-5-13-10(8-11)9-14(25-13)12-2-1-3-15-21-17(22-23(12)15)18(6-7-18)16(20)24/h1-5,8-9H,6-7,19H2,(H2,20,24). The summed E-state index contributed by atoms with van der Waals surface area (Å²) in [5.41, 5.74) is 13.2. The molecule has 1 saturated carbocycles. The molecule has 7 heteroatoms. The molecule has 124 valence electrons. The number of pyridine rings is 1. The van der Waals surface area contributed by atoms with E-state index in [4.69, 9.17) is 11.5 Å². The Morgan fingerprint density at radius 2 is 2.04 bits per heavy atom. The first-order valence-electron chi connectivity index (χ1n) is 8.02. The van der Waals surface area contributed by atoms with E-state index >= 15 is 0 Å². The molecule has 25 heavy (non-hydrogen) atoms. The Kier molecular flexibility index (Phi) is 2.77. The van der Waals surface area contributed by atoms with E-state index in [9.17, 15) is 4.79 Å². The van der Waals surface area contributed by atoms with Gasteiger partial charge in [-0.25, -0.2) is 9.50 Å². The summed E-state index contributed by atoms with van der Waals surface area (Å²) in [6.07, 6.45) is 1.44. The summed E-state index contributed by atoms with van der Waals surface area (Å²) in [5.74, 6) is 0.181. The minimum atomic E-state index is -0.683. The number of carbonyl (C=O) groups is 1. The Bertz CT molecular complexity index is 1150. The number of benzene rings is 1. The van der Waals surface area contributed by atoms with Crippen molar-refractivity contribution in [2.24, 2.45) is 5.73 Å². The molecule has 0 atom stereocenters. The maximum absolute atomic E-state index is 11.8. The van der Waals surface area contributed by atoms with Gasteiger partial charge in [-0.05, 0) is 54.6 Å². The molecule has 3 aromatic heterocycles. The van der Waals surface area contributed by atoms with Crippen molar-refractivity contribution in [2.75, 3.05) is 5.73 Å². The topological polar surface area (TPSA) is 99.3 Å². The fourth-order valence-corrected chi connectivity index (χ4v) is 4.24. The molecule has 1 aliphatic carbocycles. The van der Waals surface area contributed by atoms with E-state index in [0.29, 0.717) is 5.82 Å². The number of anilines is 1. The van der Waals surface area contributed by atoms with Crippen LogP contribution in [0.4, 0.5) is 5.69 Å². The third kappa shape index (κ3) is 2.05. The number of nitrogens with zero attached hydrogens (tertiary/aromatic N) is 3. The van der Waals surface area contributed by atoms with E-state index in [1.54, 1.807) is 15.9 Å². The minimum absolute atomic E-state index is 0.345. The zero-order chi connectivity index (χ0) is 17.2. The lowest BCUT2D eigenvalue weighted by Gasteiger charge is -2.04. The zero-order valence-electron chi connectivity index (χ0n) is 13.3. The number of fused-ring (bicyclic) bond motifs is 2. The van der Waals surface area contributed by atoms with Gasteiger partial charge in [0.1, 0.15) is 5.41 Å². The van der Waals surface area contributed by atoms with Gasteiger partial charge in [-0.2, -0.15) is 0 Å². The van der Waals surface area contributed by atoms with E-state index in [0.717, 1.165) is 44.8 Å². The fourth-order valence-electron chi connectivity index (χ4n) is 3.19. The first-order valence-corrected chi connectivity index (χ1v) is 8.84. The minimum Gasteiger partial charge on any atom is -0.399 e. The lowest BCUT2D eigenvalue weighted by atomic mass is 10.1. The molecule has 0 saturated heterocycles. The summed E-state index contributed by atoms with van der Waals surface area (Å²) in [4.78, 5) is 17.4. The Morgan fingerprint density at radius 3 is 2.80 bits per heavy atom. The average Bonchev–Trinajstić information content (AvgIpc) is 3.12. The Labute approximate surface area is 147 Å². The van der Waals surface area contributed by atoms with Crippen LogP contribution >= 0.6 is 11.3 Å². The van der Waals surface area contributed by atoms with Gasteiger partial charge in [0, 0.05) is 10.4 Å². The van der Waals surface area contributed by atoms with Crippen molar-refractivity contribution in [1.82, 2.24) is 14.6 Å². The molecule has 1 aromatic carbocycles. The highest BCUT2D eigenvalue weighted by Crippen LogP contribution is 2.46. The number of thiophene rings is 1. The van der Waals surface area contributed by atoms with E-state index in [1.165, 1.54) is 0 Å². The normalized spacial score (nSPS) is 15.7. The lowest BCUT2D eigenvalue weighted by Crippen LogP contribution is -2.29. The average molecular weight is 349 g/mol. The Hall–Kier alpha value is -2.93. The van der Waals surface area contributed by atoms with E-state index in [1.807, 2.05) is 36.4 Å². The van der Waals surface area contributed by atoms with Crippen LogP contribution < -0.4 is 11.5 Å². The van der Waals surface area contributed by atoms with Crippen molar-refractivity contribution in [3.8, 4) is 10.6 Å². The first-order chi connectivity index (χ1) is 12.1. The number of primary amides is 1. The number of nitrogen functional groups attached to an aromatic ring is 1. The van der Waals surface area contributed by atoms with Gasteiger partial charge in [0.15, 0.2) is 11.5 Å². The van der Waals surface area contributed by atoms with Crippen LogP contribution in [0, 0.1) is 0 Å². The molecule has 0 unspecified atom stereocenters. The lowest BCUT2D eigenvalue weighted by molar-refractivity contribution is -0.120. The van der Waals surface area contributed by atoms with Gasteiger partial charge < -0.3 is 11.5 Å². The van der Waals surface area contributed by atoms with Crippen molar-refractivity contribution in [2.45, 2.75) is 18.3 Å². The van der Waals surface area contributed by atoms with Gasteiger partial charge in [-0.3, -0.25) is 4.79 Å². The number of aromatic nitrogens is 3. The van der Waals surface area contributed by atoms with Crippen molar-refractivity contribution in [3.05, 3.63) is 48.3 Å². The number of nitrogens with two attached hydrogens (primary N) is 2. The smallest absolute Gasteiger partial charge is 0.231 e. The molecule has 3 heterocycles. The third-order valence-corrected chi connectivity index (χ3v) is 5.94. The molecular weight excluding hydrogens is 334 g/mol. The van der Waals surface area contributed by atoms with Crippen molar-refractivity contribution < 1.29 is 4.79 Å². The van der Waals surface area contributed by atoms with Gasteiger partial charge >= 0.3 is 0 Å². The maximum atomic E-state index is 11.8. The summed E-state index contributed by atoms with van der Waals surface area (Å²) in [7, 11) is 0. The quantitative estimate of drug-likeness (QED) is 0.555. The highest BCUT2D eigenvalue weighted by Gasteiger charge is 2.53. The van der Waals surface area contributed by atoms with Crippen molar-refractivity contribution >= 4 is 38.7 Å². The van der Waals surface area contributed by atoms with E-state index < -0.39 is 5.41 Å². The molecule has 4 N–H and O–H groups in total. The largest absolute Gasteiger partial charge is 0.399 e. The van der Waals surface area contributed by atoms with Crippen LogP contribution in [0.3, 0.4) is 0 Å². The van der Waals surface area contributed by atoms with E-state index in [-0.39, 0.29) is 5.91 Å². The molecule has 6 nitrogen and oxygen atoms in total. The highest BCUT2D eigenvalue weighted by atomic mass is 32.1. The SMILES string of the molecule is NC(=O)C1(c2nc3cccc(-c4cc5cc(N)ccc5s4)n3n2)CC1. The van der Waals surface area contributed by atoms with Gasteiger partial charge in [0.25, 0.3) is 0 Å². The molecular formula is C18H15N5OS. The maximum Gasteiger partial charge on any atom is 0.231 e. The second kappa shape index (κ2) is 4.80. The summed E-state index contributed by atoms with van der Waals surface area (Å²) in [5, 5.41) is 5.72. The second-order valence-corrected chi connectivity index (χ2v) is 7.55. The van der Waals surface area contributed by atoms with Gasteiger partial charge in [-0.15, -0.1) is 16.4 Å². The van der Waals surface area contributed by atoms with Gasteiger partial charge in [0.05, 0.1) is 10.6 Å². The number of hydrogen-bond acceptors (Lipinski definition) is 5. The molecule has 0 radical (unpaired) electrons. The molecule has 1 amide bonds.